The number of primary amides is 1. The molecule has 0 aliphatic heterocycles. The zero-order valence-corrected chi connectivity index (χ0v) is 6.13. The smallest absolute Gasteiger partial charge is 0.244 e. The summed E-state index contributed by atoms with van der Waals surface area (Å²) in [7, 11) is 0. The van der Waals surface area contributed by atoms with Gasteiger partial charge in [-0.25, -0.2) is 0 Å². The molecule has 0 saturated heterocycles. The van der Waals surface area contributed by atoms with Crippen molar-refractivity contribution in [1.82, 2.24) is 0 Å². The maximum Gasteiger partial charge on any atom is 0.244 e. The average molecular weight is 143 g/mol. The van der Waals surface area contributed by atoms with Gasteiger partial charge in [-0.15, -0.1) is 0 Å². The second kappa shape index (κ2) is 4.06. The van der Waals surface area contributed by atoms with Gasteiger partial charge in [0, 0.05) is 11.5 Å². The lowest BCUT2D eigenvalue weighted by Crippen LogP contribution is -2.21. The number of carbonyl (C=O) groups is 1. The van der Waals surface area contributed by atoms with Gasteiger partial charge in [0.05, 0.1) is 6.61 Å². The number of nitrogens with two attached hydrogens (primary N) is 1. The number of carbonyl (C=O) groups excluding carboxylic acids is 1. The molecule has 0 rings (SSSR count). The van der Waals surface area contributed by atoms with Crippen LogP contribution in [0.5, 0.6) is 0 Å². The average Bonchev–Trinajstić information content (AvgIpc) is 1.90. The van der Waals surface area contributed by atoms with E-state index in [9.17, 15) is 4.79 Å². The Morgan fingerprint density at radius 2 is 2.30 bits per heavy atom. The fraction of sp³-hybridized carbons (Fsp3) is 0.571. The number of rotatable bonds is 4. The second-order valence-corrected chi connectivity index (χ2v) is 2.18. The second-order valence-electron chi connectivity index (χ2n) is 2.18. The van der Waals surface area contributed by atoms with Crippen LogP contribution in [0.15, 0.2) is 12.2 Å². The lowest BCUT2D eigenvalue weighted by atomic mass is 9.98. The third-order valence-electron chi connectivity index (χ3n) is 1.52. The maximum atomic E-state index is 10.5. The topological polar surface area (TPSA) is 63.3 Å². The van der Waals surface area contributed by atoms with Crippen LogP contribution in [-0.4, -0.2) is 17.6 Å². The first-order valence-electron chi connectivity index (χ1n) is 3.22. The first-order chi connectivity index (χ1) is 4.63. The van der Waals surface area contributed by atoms with Crippen molar-refractivity contribution in [2.24, 2.45) is 11.7 Å². The lowest BCUT2D eigenvalue weighted by Gasteiger charge is -2.10. The highest BCUT2D eigenvalue weighted by Gasteiger charge is 2.12. The van der Waals surface area contributed by atoms with Crippen molar-refractivity contribution in [3.8, 4) is 0 Å². The molecule has 0 radical (unpaired) electrons. The van der Waals surface area contributed by atoms with Crippen LogP contribution in [0.2, 0.25) is 0 Å². The molecule has 3 heteroatoms. The SMILES string of the molecule is C=C(C(N)=O)C(CC)CO. The minimum Gasteiger partial charge on any atom is -0.396 e. The van der Waals surface area contributed by atoms with Gasteiger partial charge < -0.3 is 10.8 Å². The van der Waals surface area contributed by atoms with Gasteiger partial charge in [-0.3, -0.25) is 4.79 Å². The minimum atomic E-state index is -0.527. The molecular formula is C7H13NO2. The third kappa shape index (κ3) is 2.19. The summed E-state index contributed by atoms with van der Waals surface area (Å²) in [4.78, 5) is 10.5. The molecule has 1 unspecified atom stereocenters. The van der Waals surface area contributed by atoms with Crippen LogP contribution in [0.3, 0.4) is 0 Å². The predicted octanol–water partition coefficient (Wildman–Crippen LogP) is 0.0464. The van der Waals surface area contributed by atoms with Crippen LogP contribution in [0, 0.1) is 5.92 Å². The van der Waals surface area contributed by atoms with Crippen molar-refractivity contribution in [2.45, 2.75) is 13.3 Å². The van der Waals surface area contributed by atoms with E-state index in [1.807, 2.05) is 6.92 Å². The zero-order valence-electron chi connectivity index (χ0n) is 6.13. The van der Waals surface area contributed by atoms with Crippen molar-refractivity contribution in [2.75, 3.05) is 6.61 Å². The Balaban J connectivity index is 4.02. The van der Waals surface area contributed by atoms with Gasteiger partial charge in [0.1, 0.15) is 0 Å². The van der Waals surface area contributed by atoms with E-state index in [-0.39, 0.29) is 12.5 Å². The van der Waals surface area contributed by atoms with Gasteiger partial charge in [-0.1, -0.05) is 13.5 Å². The van der Waals surface area contributed by atoms with Crippen molar-refractivity contribution in [1.29, 1.82) is 0 Å². The molecule has 1 atom stereocenters. The number of amides is 1. The molecule has 0 saturated carbocycles. The highest BCUT2D eigenvalue weighted by molar-refractivity contribution is 5.91. The van der Waals surface area contributed by atoms with E-state index < -0.39 is 5.91 Å². The number of hydrogen-bond acceptors (Lipinski definition) is 2. The Bertz CT molecular complexity index is 139. The molecule has 58 valence electrons. The van der Waals surface area contributed by atoms with Gasteiger partial charge in [0.25, 0.3) is 0 Å². The normalized spacial score (nSPS) is 12.6. The first-order valence-corrected chi connectivity index (χ1v) is 3.22. The van der Waals surface area contributed by atoms with Crippen LogP contribution in [0.4, 0.5) is 0 Å². The quantitative estimate of drug-likeness (QED) is 0.546. The van der Waals surface area contributed by atoms with Gasteiger partial charge in [0.2, 0.25) is 5.91 Å². The van der Waals surface area contributed by atoms with Crippen molar-refractivity contribution in [3.05, 3.63) is 12.2 Å². The lowest BCUT2D eigenvalue weighted by molar-refractivity contribution is -0.115. The Hall–Kier alpha value is -0.830. The molecule has 0 heterocycles. The summed E-state index contributed by atoms with van der Waals surface area (Å²) in [6, 6.07) is 0. The molecule has 0 aliphatic rings. The molecule has 3 N–H and O–H groups in total. The van der Waals surface area contributed by atoms with Gasteiger partial charge >= 0.3 is 0 Å². The molecule has 10 heavy (non-hydrogen) atoms. The van der Waals surface area contributed by atoms with Crippen LogP contribution >= 0.6 is 0 Å². The van der Waals surface area contributed by atoms with Crippen LogP contribution < -0.4 is 5.73 Å². The molecule has 3 nitrogen and oxygen atoms in total. The van der Waals surface area contributed by atoms with E-state index in [0.717, 1.165) is 0 Å². The molecule has 0 spiro atoms. The highest BCUT2D eigenvalue weighted by atomic mass is 16.3. The number of aliphatic hydroxyl groups is 1. The van der Waals surface area contributed by atoms with Crippen molar-refractivity contribution < 1.29 is 9.90 Å². The Morgan fingerprint density at radius 1 is 1.80 bits per heavy atom. The zero-order chi connectivity index (χ0) is 8.15. The number of aliphatic hydroxyl groups excluding tert-OH is 1. The van der Waals surface area contributed by atoms with E-state index in [1.54, 1.807) is 0 Å². The molecule has 0 aliphatic carbocycles. The first kappa shape index (κ1) is 9.17. The summed E-state index contributed by atoms with van der Waals surface area (Å²) >= 11 is 0. The van der Waals surface area contributed by atoms with E-state index >= 15 is 0 Å². The van der Waals surface area contributed by atoms with E-state index in [0.29, 0.717) is 12.0 Å². The van der Waals surface area contributed by atoms with Crippen LogP contribution in [0.1, 0.15) is 13.3 Å². The third-order valence-corrected chi connectivity index (χ3v) is 1.52. The largest absolute Gasteiger partial charge is 0.396 e. The fourth-order valence-electron chi connectivity index (χ4n) is 0.687. The maximum absolute atomic E-state index is 10.5. The molecule has 1 amide bonds. The molecule has 0 aromatic heterocycles. The van der Waals surface area contributed by atoms with Crippen LogP contribution in [-0.2, 0) is 4.79 Å². The molecular weight excluding hydrogens is 130 g/mol. The van der Waals surface area contributed by atoms with Gasteiger partial charge in [0.15, 0.2) is 0 Å². The Kier molecular flexibility index (Phi) is 3.72. The minimum absolute atomic E-state index is 0.0573. The Morgan fingerprint density at radius 3 is 2.40 bits per heavy atom. The monoisotopic (exact) mass is 143 g/mol. The molecule has 0 aromatic rings. The van der Waals surface area contributed by atoms with E-state index in [4.69, 9.17) is 10.8 Å². The summed E-state index contributed by atoms with van der Waals surface area (Å²) in [5.74, 6) is -0.696. The summed E-state index contributed by atoms with van der Waals surface area (Å²) in [5.41, 5.74) is 5.25. The van der Waals surface area contributed by atoms with Gasteiger partial charge in [-0.2, -0.15) is 0 Å². The molecule has 0 aromatic carbocycles. The Labute approximate surface area is 60.5 Å². The summed E-state index contributed by atoms with van der Waals surface area (Å²) in [6.45, 7) is 5.27. The molecule has 0 bridgehead atoms. The standard InChI is InChI=1S/C7H13NO2/c1-3-6(4-9)5(2)7(8)10/h6,9H,2-4H2,1H3,(H2,8,10). The van der Waals surface area contributed by atoms with Crippen molar-refractivity contribution in [3.63, 3.8) is 0 Å². The van der Waals surface area contributed by atoms with Crippen molar-refractivity contribution >= 4 is 5.91 Å². The summed E-state index contributed by atoms with van der Waals surface area (Å²) < 4.78 is 0. The number of hydrogen-bond donors (Lipinski definition) is 2. The van der Waals surface area contributed by atoms with Crippen LogP contribution in [0.25, 0.3) is 0 Å². The predicted molar refractivity (Wildman–Crippen MR) is 39.2 cm³/mol. The summed E-state index contributed by atoms with van der Waals surface area (Å²) in [6.07, 6.45) is 0.693. The van der Waals surface area contributed by atoms with E-state index in [2.05, 4.69) is 6.58 Å². The highest BCUT2D eigenvalue weighted by Crippen LogP contribution is 2.10. The fourth-order valence-corrected chi connectivity index (χ4v) is 0.687. The van der Waals surface area contributed by atoms with E-state index in [1.165, 1.54) is 0 Å². The van der Waals surface area contributed by atoms with Gasteiger partial charge in [-0.05, 0) is 6.42 Å². The summed E-state index contributed by atoms with van der Waals surface area (Å²) in [5, 5.41) is 8.68. The molecule has 0 fully saturated rings.